The van der Waals surface area contributed by atoms with Gasteiger partial charge in [0.05, 0.1) is 13.2 Å². The molecule has 1 saturated heterocycles. The average Bonchev–Trinajstić information content (AvgIpc) is 1.86. The van der Waals surface area contributed by atoms with Gasteiger partial charge in [0, 0.05) is 12.6 Å². The lowest BCUT2D eigenvalue weighted by Crippen LogP contribution is -2.49. The van der Waals surface area contributed by atoms with Crippen molar-refractivity contribution in [1.29, 1.82) is 0 Å². The standard InChI is InChI=1S/C5H12N2O3S/c1-5-4-10-3-2-7(5)11(6,8)9/h5H,2-4H2,1H3,(H2,6,8,9)/t5-/m1/s1. The van der Waals surface area contributed by atoms with Crippen LogP contribution in [0.4, 0.5) is 0 Å². The smallest absolute Gasteiger partial charge is 0.277 e. The van der Waals surface area contributed by atoms with Gasteiger partial charge in [0.1, 0.15) is 0 Å². The van der Waals surface area contributed by atoms with Gasteiger partial charge in [-0.3, -0.25) is 0 Å². The van der Waals surface area contributed by atoms with Crippen LogP contribution in [-0.4, -0.2) is 38.5 Å². The fraction of sp³-hybridized carbons (Fsp3) is 1.00. The van der Waals surface area contributed by atoms with Crippen molar-refractivity contribution in [1.82, 2.24) is 4.31 Å². The monoisotopic (exact) mass is 180 g/mol. The molecule has 1 aliphatic rings. The summed E-state index contributed by atoms with van der Waals surface area (Å²) in [6.45, 7) is 2.99. The molecule has 0 bridgehead atoms. The van der Waals surface area contributed by atoms with Gasteiger partial charge in [-0.2, -0.15) is 12.7 Å². The van der Waals surface area contributed by atoms with Crippen LogP contribution in [0.2, 0.25) is 0 Å². The molecule has 66 valence electrons. The topological polar surface area (TPSA) is 72.6 Å². The fourth-order valence-corrected chi connectivity index (χ4v) is 1.98. The molecule has 0 aromatic heterocycles. The van der Waals surface area contributed by atoms with Gasteiger partial charge in [-0.05, 0) is 6.92 Å². The molecule has 0 saturated carbocycles. The van der Waals surface area contributed by atoms with Crippen LogP contribution in [0.1, 0.15) is 6.92 Å². The van der Waals surface area contributed by atoms with E-state index in [0.29, 0.717) is 19.8 Å². The second-order valence-corrected chi connectivity index (χ2v) is 4.08. The summed E-state index contributed by atoms with van der Waals surface area (Å²) in [7, 11) is -3.52. The predicted octanol–water partition coefficient (Wildman–Crippen LogP) is -1.09. The number of hydrogen-bond donors (Lipinski definition) is 1. The van der Waals surface area contributed by atoms with E-state index in [0.717, 1.165) is 0 Å². The van der Waals surface area contributed by atoms with Crippen LogP contribution in [-0.2, 0) is 14.9 Å². The normalized spacial score (nSPS) is 28.7. The maximum atomic E-state index is 10.8. The van der Waals surface area contributed by atoms with Crippen LogP contribution < -0.4 is 5.14 Å². The molecule has 0 unspecified atom stereocenters. The summed E-state index contributed by atoms with van der Waals surface area (Å²) in [4.78, 5) is 0. The summed E-state index contributed by atoms with van der Waals surface area (Å²) in [5.74, 6) is 0. The summed E-state index contributed by atoms with van der Waals surface area (Å²) in [5, 5.41) is 4.94. The van der Waals surface area contributed by atoms with Gasteiger partial charge in [0.15, 0.2) is 0 Å². The maximum absolute atomic E-state index is 10.8. The Hall–Kier alpha value is -0.170. The quantitative estimate of drug-likeness (QED) is 0.557. The molecule has 6 heteroatoms. The first-order valence-corrected chi connectivity index (χ1v) is 4.89. The first-order chi connectivity index (χ1) is 5.02. The fourth-order valence-electron chi connectivity index (χ4n) is 1.09. The van der Waals surface area contributed by atoms with Gasteiger partial charge in [0.25, 0.3) is 10.2 Å². The van der Waals surface area contributed by atoms with E-state index in [1.54, 1.807) is 6.92 Å². The minimum Gasteiger partial charge on any atom is -0.378 e. The van der Waals surface area contributed by atoms with E-state index in [1.165, 1.54) is 4.31 Å². The molecule has 0 amide bonds. The van der Waals surface area contributed by atoms with E-state index in [4.69, 9.17) is 9.88 Å². The molecule has 1 rings (SSSR count). The third-order valence-electron chi connectivity index (χ3n) is 1.63. The van der Waals surface area contributed by atoms with Crippen LogP contribution in [0, 0.1) is 0 Å². The number of nitrogens with two attached hydrogens (primary N) is 1. The number of rotatable bonds is 1. The van der Waals surface area contributed by atoms with Gasteiger partial charge in [-0.15, -0.1) is 0 Å². The largest absolute Gasteiger partial charge is 0.378 e. The molecule has 1 atom stereocenters. The van der Waals surface area contributed by atoms with Crippen molar-refractivity contribution < 1.29 is 13.2 Å². The molecule has 1 heterocycles. The lowest BCUT2D eigenvalue weighted by atomic mass is 10.3. The third-order valence-corrected chi connectivity index (χ3v) is 2.83. The van der Waals surface area contributed by atoms with E-state index in [-0.39, 0.29) is 6.04 Å². The Morgan fingerprint density at radius 1 is 1.64 bits per heavy atom. The Morgan fingerprint density at radius 2 is 2.27 bits per heavy atom. The second kappa shape index (κ2) is 3.06. The molecule has 0 aliphatic carbocycles. The SMILES string of the molecule is C[C@@H]1COCCN1S(N)(=O)=O. The van der Waals surface area contributed by atoms with Crippen LogP contribution in [0.3, 0.4) is 0 Å². The van der Waals surface area contributed by atoms with Gasteiger partial charge in [-0.1, -0.05) is 0 Å². The second-order valence-electron chi connectivity index (χ2n) is 2.58. The van der Waals surface area contributed by atoms with E-state index in [1.807, 2.05) is 0 Å². The van der Waals surface area contributed by atoms with Crippen molar-refractivity contribution in [2.75, 3.05) is 19.8 Å². The van der Waals surface area contributed by atoms with Crippen molar-refractivity contribution >= 4 is 10.2 Å². The molecular weight excluding hydrogens is 168 g/mol. The Bertz CT molecular complexity index is 226. The third kappa shape index (κ3) is 2.13. The van der Waals surface area contributed by atoms with Crippen molar-refractivity contribution in [3.63, 3.8) is 0 Å². The summed E-state index contributed by atoms with van der Waals surface area (Å²) in [6, 6.07) is -0.140. The lowest BCUT2D eigenvalue weighted by Gasteiger charge is -2.30. The van der Waals surface area contributed by atoms with E-state index < -0.39 is 10.2 Å². The molecule has 11 heavy (non-hydrogen) atoms. The average molecular weight is 180 g/mol. The minimum absolute atomic E-state index is 0.140. The number of nitrogens with zero attached hydrogens (tertiary/aromatic N) is 1. The highest BCUT2D eigenvalue weighted by Gasteiger charge is 2.26. The zero-order valence-corrected chi connectivity index (χ0v) is 7.17. The zero-order valence-electron chi connectivity index (χ0n) is 6.36. The number of hydrogen-bond acceptors (Lipinski definition) is 3. The van der Waals surface area contributed by atoms with Crippen LogP contribution >= 0.6 is 0 Å². The highest BCUT2D eigenvalue weighted by Crippen LogP contribution is 2.07. The molecule has 1 aliphatic heterocycles. The molecule has 0 aromatic rings. The Kier molecular flexibility index (Phi) is 2.48. The summed E-state index contributed by atoms with van der Waals surface area (Å²) < 4.78 is 28.0. The van der Waals surface area contributed by atoms with Gasteiger partial charge in [-0.25, -0.2) is 5.14 Å². The number of morpholine rings is 1. The van der Waals surface area contributed by atoms with E-state index >= 15 is 0 Å². The summed E-state index contributed by atoms with van der Waals surface area (Å²) in [6.07, 6.45) is 0. The first kappa shape index (κ1) is 8.92. The molecule has 0 aromatic carbocycles. The molecule has 0 radical (unpaired) electrons. The highest BCUT2D eigenvalue weighted by molar-refractivity contribution is 7.86. The highest BCUT2D eigenvalue weighted by atomic mass is 32.2. The Labute approximate surface area is 66.3 Å². The van der Waals surface area contributed by atoms with Crippen molar-refractivity contribution in [2.45, 2.75) is 13.0 Å². The molecule has 2 N–H and O–H groups in total. The van der Waals surface area contributed by atoms with Gasteiger partial charge >= 0.3 is 0 Å². The Balaban J connectivity index is 2.70. The van der Waals surface area contributed by atoms with Crippen LogP contribution in [0.5, 0.6) is 0 Å². The predicted molar refractivity (Wildman–Crippen MR) is 40.1 cm³/mol. The van der Waals surface area contributed by atoms with Gasteiger partial charge in [0.2, 0.25) is 0 Å². The van der Waals surface area contributed by atoms with Crippen molar-refractivity contribution in [3.8, 4) is 0 Å². The van der Waals surface area contributed by atoms with Crippen molar-refractivity contribution in [2.24, 2.45) is 5.14 Å². The maximum Gasteiger partial charge on any atom is 0.277 e. The number of ether oxygens (including phenoxy) is 1. The molecule has 1 fully saturated rings. The minimum atomic E-state index is -3.52. The zero-order chi connectivity index (χ0) is 8.48. The van der Waals surface area contributed by atoms with E-state index in [2.05, 4.69) is 0 Å². The summed E-state index contributed by atoms with van der Waals surface area (Å²) >= 11 is 0. The molecular formula is C5H12N2O3S. The van der Waals surface area contributed by atoms with E-state index in [9.17, 15) is 8.42 Å². The lowest BCUT2D eigenvalue weighted by molar-refractivity contribution is 0.0393. The van der Waals surface area contributed by atoms with Crippen LogP contribution in [0.15, 0.2) is 0 Å². The summed E-state index contributed by atoms with van der Waals surface area (Å²) in [5.41, 5.74) is 0. The van der Waals surface area contributed by atoms with Crippen molar-refractivity contribution in [3.05, 3.63) is 0 Å². The first-order valence-electron chi connectivity index (χ1n) is 3.39. The molecule has 0 spiro atoms. The van der Waals surface area contributed by atoms with Crippen LogP contribution in [0.25, 0.3) is 0 Å². The van der Waals surface area contributed by atoms with Gasteiger partial charge < -0.3 is 4.74 Å². The Morgan fingerprint density at radius 3 is 2.64 bits per heavy atom. The molecule has 5 nitrogen and oxygen atoms in total.